The molecule has 110 valence electrons. The summed E-state index contributed by atoms with van der Waals surface area (Å²) in [5.41, 5.74) is 5.62. The molecule has 1 aromatic carbocycles. The number of nitrogens with two attached hydrogens (primary N) is 1. The largest absolute Gasteiger partial charge is 0.586 e. The first kappa shape index (κ1) is 13.5. The SMILES string of the molecule is N[C@@]1(c2cccc3c2OC(F)(F)O3)COCC[C@@H]1CO. The van der Waals surface area contributed by atoms with Crippen molar-refractivity contribution >= 4 is 0 Å². The van der Waals surface area contributed by atoms with E-state index in [0.717, 1.165) is 0 Å². The number of hydrogen-bond donors (Lipinski definition) is 2. The van der Waals surface area contributed by atoms with Gasteiger partial charge in [-0.25, -0.2) is 0 Å². The van der Waals surface area contributed by atoms with Crippen LogP contribution in [0.2, 0.25) is 0 Å². The van der Waals surface area contributed by atoms with Crippen molar-refractivity contribution in [3.8, 4) is 11.5 Å². The van der Waals surface area contributed by atoms with Crippen LogP contribution in [0, 0.1) is 5.92 Å². The van der Waals surface area contributed by atoms with Crippen LogP contribution < -0.4 is 15.2 Å². The number of aliphatic hydroxyl groups is 1. The number of ether oxygens (including phenoxy) is 3. The summed E-state index contributed by atoms with van der Waals surface area (Å²) in [5.74, 6) is -0.427. The highest BCUT2D eigenvalue weighted by molar-refractivity contribution is 5.52. The Morgan fingerprint density at radius 3 is 2.90 bits per heavy atom. The predicted octanol–water partition coefficient (Wildman–Crippen LogP) is 1.19. The topological polar surface area (TPSA) is 73.9 Å². The third kappa shape index (κ3) is 2.02. The summed E-state index contributed by atoms with van der Waals surface area (Å²) in [6.07, 6.45) is -3.15. The first-order valence-electron chi connectivity index (χ1n) is 6.33. The second-order valence-electron chi connectivity index (χ2n) is 5.06. The van der Waals surface area contributed by atoms with E-state index in [2.05, 4.69) is 9.47 Å². The minimum absolute atomic E-state index is 0.0559. The number of aliphatic hydroxyl groups excluding tert-OH is 1. The van der Waals surface area contributed by atoms with E-state index >= 15 is 0 Å². The molecule has 20 heavy (non-hydrogen) atoms. The van der Waals surface area contributed by atoms with Crippen molar-refractivity contribution in [1.29, 1.82) is 0 Å². The summed E-state index contributed by atoms with van der Waals surface area (Å²) in [5, 5.41) is 9.48. The molecular formula is C13H15F2NO4. The van der Waals surface area contributed by atoms with Crippen molar-refractivity contribution < 1.29 is 28.1 Å². The highest BCUT2D eigenvalue weighted by Gasteiger charge is 2.49. The zero-order chi connectivity index (χ0) is 14.4. The summed E-state index contributed by atoms with van der Waals surface area (Å²) < 4.78 is 40.8. The van der Waals surface area contributed by atoms with Gasteiger partial charge < -0.3 is 25.1 Å². The first-order chi connectivity index (χ1) is 9.46. The average Bonchev–Trinajstić information content (AvgIpc) is 2.72. The fourth-order valence-electron chi connectivity index (χ4n) is 2.73. The molecule has 1 saturated heterocycles. The lowest BCUT2D eigenvalue weighted by Crippen LogP contribution is -2.52. The summed E-state index contributed by atoms with van der Waals surface area (Å²) in [6, 6.07) is 4.55. The lowest BCUT2D eigenvalue weighted by atomic mass is 9.76. The zero-order valence-electron chi connectivity index (χ0n) is 10.6. The molecule has 0 saturated carbocycles. The molecule has 3 rings (SSSR count). The normalized spacial score (nSPS) is 31.3. The monoisotopic (exact) mass is 287 g/mol. The Labute approximate surface area is 114 Å². The lowest BCUT2D eigenvalue weighted by molar-refractivity contribution is -0.287. The fraction of sp³-hybridized carbons (Fsp3) is 0.538. The fourth-order valence-corrected chi connectivity index (χ4v) is 2.73. The van der Waals surface area contributed by atoms with Crippen molar-refractivity contribution in [1.82, 2.24) is 0 Å². The van der Waals surface area contributed by atoms with Gasteiger partial charge in [0.2, 0.25) is 0 Å². The lowest BCUT2D eigenvalue weighted by Gasteiger charge is -2.40. The van der Waals surface area contributed by atoms with Gasteiger partial charge in [-0.1, -0.05) is 12.1 Å². The third-order valence-electron chi connectivity index (χ3n) is 3.83. The molecule has 0 amide bonds. The summed E-state index contributed by atoms with van der Waals surface area (Å²) >= 11 is 0. The van der Waals surface area contributed by atoms with Gasteiger partial charge in [-0.05, 0) is 12.5 Å². The maximum Gasteiger partial charge on any atom is 0.586 e. The van der Waals surface area contributed by atoms with E-state index in [-0.39, 0.29) is 30.6 Å². The number of hydrogen-bond acceptors (Lipinski definition) is 5. The minimum atomic E-state index is -3.70. The van der Waals surface area contributed by atoms with Gasteiger partial charge >= 0.3 is 6.29 Å². The molecule has 1 fully saturated rings. The maximum atomic E-state index is 13.2. The van der Waals surface area contributed by atoms with Gasteiger partial charge in [-0.15, -0.1) is 8.78 Å². The van der Waals surface area contributed by atoms with E-state index < -0.39 is 11.8 Å². The van der Waals surface area contributed by atoms with Gasteiger partial charge in [-0.3, -0.25) is 0 Å². The van der Waals surface area contributed by atoms with Crippen molar-refractivity contribution in [2.45, 2.75) is 18.3 Å². The molecule has 5 nitrogen and oxygen atoms in total. The van der Waals surface area contributed by atoms with Crippen LogP contribution >= 0.6 is 0 Å². The summed E-state index contributed by atoms with van der Waals surface area (Å²) in [7, 11) is 0. The number of alkyl halides is 2. The number of halogens is 2. The van der Waals surface area contributed by atoms with E-state index in [1.165, 1.54) is 6.07 Å². The van der Waals surface area contributed by atoms with E-state index in [1.54, 1.807) is 12.1 Å². The molecule has 1 aromatic rings. The Balaban J connectivity index is 2.05. The van der Waals surface area contributed by atoms with Crippen molar-refractivity contribution in [3.63, 3.8) is 0 Å². The molecule has 2 heterocycles. The van der Waals surface area contributed by atoms with E-state index in [9.17, 15) is 13.9 Å². The molecule has 0 radical (unpaired) electrons. The molecule has 0 unspecified atom stereocenters. The van der Waals surface area contributed by atoms with Crippen LogP contribution in [0.4, 0.5) is 8.78 Å². The van der Waals surface area contributed by atoms with Gasteiger partial charge in [0.1, 0.15) is 0 Å². The van der Waals surface area contributed by atoms with Crippen LogP contribution in [0.1, 0.15) is 12.0 Å². The Morgan fingerprint density at radius 2 is 2.15 bits per heavy atom. The molecule has 2 atom stereocenters. The molecule has 3 N–H and O–H groups in total. The Bertz CT molecular complexity index is 525. The molecule has 0 bridgehead atoms. The second-order valence-corrected chi connectivity index (χ2v) is 5.06. The minimum Gasteiger partial charge on any atom is -0.396 e. The second kappa shape index (κ2) is 4.54. The highest BCUT2D eigenvalue weighted by atomic mass is 19.3. The standard InChI is InChI=1S/C13H15F2NO4/c14-13(15)19-10-3-1-2-9(11(10)20-13)12(16)7-18-5-4-8(12)6-17/h1-3,8,17H,4-7,16H2/t8-,12+/m1/s1. The van der Waals surface area contributed by atoms with E-state index in [0.29, 0.717) is 18.6 Å². The molecular weight excluding hydrogens is 272 g/mol. The van der Waals surface area contributed by atoms with Crippen molar-refractivity contribution in [3.05, 3.63) is 23.8 Å². The molecule has 2 aliphatic rings. The van der Waals surface area contributed by atoms with Crippen LogP contribution in [0.3, 0.4) is 0 Å². The van der Waals surface area contributed by atoms with Crippen LogP contribution in [-0.2, 0) is 10.3 Å². The van der Waals surface area contributed by atoms with Crippen LogP contribution in [0.25, 0.3) is 0 Å². The average molecular weight is 287 g/mol. The van der Waals surface area contributed by atoms with E-state index in [1.807, 2.05) is 0 Å². The Morgan fingerprint density at radius 1 is 1.35 bits per heavy atom. The smallest absolute Gasteiger partial charge is 0.396 e. The molecule has 0 aliphatic carbocycles. The summed E-state index contributed by atoms with van der Waals surface area (Å²) in [4.78, 5) is 0. The van der Waals surface area contributed by atoms with Gasteiger partial charge in [0, 0.05) is 24.7 Å². The van der Waals surface area contributed by atoms with Crippen molar-refractivity contribution in [2.75, 3.05) is 19.8 Å². The molecule has 0 spiro atoms. The molecule has 2 aliphatic heterocycles. The number of fused-ring (bicyclic) bond motifs is 1. The quantitative estimate of drug-likeness (QED) is 0.854. The molecule has 7 heteroatoms. The maximum absolute atomic E-state index is 13.2. The number of rotatable bonds is 2. The Hall–Kier alpha value is -1.44. The zero-order valence-corrected chi connectivity index (χ0v) is 10.6. The third-order valence-corrected chi connectivity index (χ3v) is 3.83. The molecule has 0 aromatic heterocycles. The first-order valence-corrected chi connectivity index (χ1v) is 6.33. The number of benzene rings is 1. The summed E-state index contributed by atoms with van der Waals surface area (Å²) in [6.45, 7) is 0.455. The Kier molecular flexibility index (Phi) is 3.07. The van der Waals surface area contributed by atoms with Crippen LogP contribution in [0.5, 0.6) is 11.5 Å². The van der Waals surface area contributed by atoms with Crippen LogP contribution in [-0.4, -0.2) is 31.2 Å². The van der Waals surface area contributed by atoms with Gasteiger partial charge in [0.15, 0.2) is 11.5 Å². The van der Waals surface area contributed by atoms with Gasteiger partial charge in [0.25, 0.3) is 0 Å². The predicted molar refractivity (Wildman–Crippen MR) is 64.5 cm³/mol. The van der Waals surface area contributed by atoms with Gasteiger partial charge in [0.05, 0.1) is 12.1 Å². The highest BCUT2D eigenvalue weighted by Crippen LogP contribution is 2.48. The van der Waals surface area contributed by atoms with Gasteiger partial charge in [-0.2, -0.15) is 0 Å². The van der Waals surface area contributed by atoms with E-state index in [4.69, 9.17) is 10.5 Å². The van der Waals surface area contributed by atoms with Crippen LogP contribution in [0.15, 0.2) is 18.2 Å². The van der Waals surface area contributed by atoms with Crippen molar-refractivity contribution in [2.24, 2.45) is 11.7 Å². The number of para-hydroxylation sites is 1.